The van der Waals surface area contributed by atoms with Crippen LogP contribution in [0.15, 0.2) is 24.3 Å². The third-order valence-electron chi connectivity index (χ3n) is 3.79. The van der Waals surface area contributed by atoms with Crippen molar-refractivity contribution in [2.45, 2.75) is 25.4 Å². The third-order valence-corrected chi connectivity index (χ3v) is 3.79. The first-order valence-electron chi connectivity index (χ1n) is 6.94. The molecule has 1 fully saturated rings. The number of hydrogen-bond donors (Lipinski definition) is 1. The fourth-order valence-electron chi connectivity index (χ4n) is 2.63. The van der Waals surface area contributed by atoms with Gasteiger partial charge in [-0.2, -0.15) is 13.2 Å². The first-order chi connectivity index (χ1) is 10.3. The number of carbonyl (C=O) groups is 2. The van der Waals surface area contributed by atoms with E-state index in [1.807, 2.05) is 0 Å². The van der Waals surface area contributed by atoms with Crippen LogP contribution in [0.2, 0.25) is 0 Å². The van der Waals surface area contributed by atoms with Crippen LogP contribution in [0.3, 0.4) is 0 Å². The second-order valence-electron chi connectivity index (χ2n) is 5.35. The number of alkyl halides is 3. The highest BCUT2D eigenvalue weighted by Gasteiger charge is 2.34. The van der Waals surface area contributed by atoms with Gasteiger partial charge in [-0.05, 0) is 24.5 Å². The highest BCUT2D eigenvalue weighted by molar-refractivity contribution is 5.80. The van der Waals surface area contributed by atoms with Crippen LogP contribution in [-0.4, -0.2) is 35.0 Å². The van der Waals surface area contributed by atoms with Gasteiger partial charge >= 0.3 is 12.1 Å². The van der Waals surface area contributed by atoms with E-state index >= 15 is 0 Å². The predicted octanol–water partition coefficient (Wildman–Crippen LogP) is 2.57. The third kappa shape index (κ3) is 3.78. The number of carbonyl (C=O) groups excluding carboxylic acids is 1. The Morgan fingerprint density at radius 2 is 1.95 bits per heavy atom. The highest BCUT2D eigenvalue weighted by atomic mass is 19.4. The Labute approximate surface area is 125 Å². The van der Waals surface area contributed by atoms with Crippen molar-refractivity contribution in [3.8, 4) is 0 Å². The van der Waals surface area contributed by atoms with Gasteiger partial charge in [-0.25, -0.2) is 0 Å². The number of aliphatic carboxylic acids is 1. The largest absolute Gasteiger partial charge is 0.481 e. The summed E-state index contributed by atoms with van der Waals surface area (Å²) in [6.07, 6.45) is -3.85. The Bertz CT molecular complexity index is 571. The first kappa shape index (κ1) is 16.3. The minimum absolute atomic E-state index is 0.0579. The summed E-state index contributed by atoms with van der Waals surface area (Å²) in [6.45, 7) is 0.444. The van der Waals surface area contributed by atoms with Crippen molar-refractivity contribution in [1.29, 1.82) is 0 Å². The maximum Gasteiger partial charge on any atom is 0.416 e. The van der Waals surface area contributed by atoms with Crippen LogP contribution >= 0.6 is 0 Å². The minimum atomic E-state index is -4.51. The summed E-state index contributed by atoms with van der Waals surface area (Å²) in [7, 11) is 0. The Morgan fingerprint density at radius 1 is 1.27 bits per heavy atom. The van der Waals surface area contributed by atoms with E-state index in [4.69, 9.17) is 5.11 Å². The van der Waals surface area contributed by atoms with E-state index in [1.165, 1.54) is 23.1 Å². The average Bonchev–Trinajstić information content (AvgIpc) is 2.46. The minimum Gasteiger partial charge on any atom is -0.481 e. The molecular formula is C15H16F3NO3. The molecule has 1 N–H and O–H groups in total. The number of carboxylic acids is 1. The van der Waals surface area contributed by atoms with Crippen LogP contribution in [0.5, 0.6) is 0 Å². The molecule has 0 radical (unpaired) electrons. The standard InChI is InChI=1S/C15H16F3NO3/c16-15(17,18)12-6-2-1-4-10(12)8-13(20)19-7-3-5-11(9-19)14(21)22/h1-2,4,6,11H,3,5,7-9H2,(H,21,22)/t11-/m1/s1. The van der Waals surface area contributed by atoms with Crippen molar-refractivity contribution in [2.75, 3.05) is 13.1 Å². The molecule has 1 aliphatic heterocycles. The molecule has 120 valence electrons. The molecule has 1 atom stereocenters. The van der Waals surface area contributed by atoms with E-state index in [9.17, 15) is 22.8 Å². The quantitative estimate of drug-likeness (QED) is 0.932. The summed E-state index contributed by atoms with van der Waals surface area (Å²) in [6, 6.07) is 4.95. The Balaban J connectivity index is 2.11. The van der Waals surface area contributed by atoms with Crippen molar-refractivity contribution in [3.63, 3.8) is 0 Å². The highest BCUT2D eigenvalue weighted by Crippen LogP contribution is 2.32. The van der Waals surface area contributed by atoms with Gasteiger partial charge in [0.1, 0.15) is 0 Å². The molecule has 2 rings (SSSR count). The maximum absolute atomic E-state index is 12.9. The summed E-state index contributed by atoms with van der Waals surface area (Å²) < 4.78 is 38.7. The lowest BCUT2D eigenvalue weighted by Gasteiger charge is -2.31. The van der Waals surface area contributed by atoms with E-state index in [0.29, 0.717) is 19.4 Å². The molecular weight excluding hydrogens is 299 g/mol. The van der Waals surface area contributed by atoms with Crippen molar-refractivity contribution in [2.24, 2.45) is 5.92 Å². The molecule has 1 aliphatic rings. The molecule has 0 unspecified atom stereocenters. The number of rotatable bonds is 3. The SMILES string of the molecule is O=C(O)[C@@H]1CCCN(C(=O)Cc2ccccc2C(F)(F)F)C1. The number of nitrogens with zero attached hydrogens (tertiary/aromatic N) is 1. The molecule has 0 aromatic heterocycles. The molecule has 1 aromatic carbocycles. The fourth-order valence-corrected chi connectivity index (χ4v) is 2.63. The second kappa shape index (κ2) is 6.37. The Kier molecular flexibility index (Phi) is 4.73. The second-order valence-corrected chi connectivity index (χ2v) is 5.35. The molecule has 22 heavy (non-hydrogen) atoms. The Hall–Kier alpha value is -2.05. The topological polar surface area (TPSA) is 57.6 Å². The van der Waals surface area contributed by atoms with Crippen LogP contribution in [0, 0.1) is 5.92 Å². The number of benzene rings is 1. The van der Waals surface area contributed by atoms with E-state index < -0.39 is 29.5 Å². The number of likely N-dealkylation sites (tertiary alicyclic amines) is 1. The van der Waals surface area contributed by atoms with Gasteiger partial charge in [-0.1, -0.05) is 18.2 Å². The monoisotopic (exact) mass is 315 g/mol. The van der Waals surface area contributed by atoms with Crippen LogP contribution in [0.25, 0.3) is 0 Å². The zero-order chi connectivity index (χ0) is 16.3. The smallest absolute Gasteiger partial charge is 0.416 e. The first-order valence-corrected chi connectivity index (χ1v) is 6.94. The van der Waals surface area contributed by atoms with Crippen LogP contribution in [-0.2, 0) is 22.2 Å². The maximum atomic E-state index is 12.9. The fraction of sp³-hybridized carbons (Fsp3) is 0.467. The van der Waals surface area contributed by atoms with Crippen molar-refractivity contribution < 1.29 is 27.9 Å². The molecule has 0 bridgehead atoms. The molecule has 7 heteroatoms. The summed E-state index contributed by atoms with van der Waals surface area (Å²) >= 11 is 0. The number of piperidine rings is 1. The van der Waals surface area contributed by atoms with E-state index in [1.54, 1.807) is 0 Å². The lowest BCUT2D eigenvalue weighted by molar-refractivity contribution is -0.145. The van der Waals surface area contributed by atoms with Crippen molar-refractivity contribution in [1.82, 2.24) is 4.90 Å². The van der Waals surface area contributed by atoms with Gasteiger partial charge in [0.2, 0.25) is 5.91 Å². The predicted molar refractivity (Wildman–Crippen MR) is 72.1 cm³/mol. The Morgan fingerprint density at radius 3 is 2.59 bits per heavy atom. The van der Waals surface area contributed by atoms with Gasteiger partial charge in [-0.15, -0.1) is 0 Å². The van der Waals surface area contributed by atoms with Gasteiger partial charge in [-0.3, -0.25) is 9.59 Å². The molecule has 1 aromatic rings. The molecule has 4 nitrogen and oxygen atoms in total. The normalized spacial score (nSPS) is 19.0. The van der Waals surface area contributed by atoms with Gasteiger partial charge < -0.3 is 10.0 Å². The zero-order valence-corrected chi connectivity index (χ0v) is 11.8. The lowest BCUT2D eigenvalue weighted by atomic mass is 9.97. The van der Waals surface area contributed by atoms with Crippen LogP contribution < -0.4 is 0 Å². The number of amides is 1. The lowest BCUT2D eigenvalue weighted by Crippen LogP contribution is -2.43. The molecule has 1 heterocycles. The van der Waals surface area contributed by atoms with Gasteiger partial charge in [0.15, 0.2) is 0 Å². The van der Waals surface area contributed by atoms with Crippen molar-refractivity contribution >= 4 is 11.9 Å². The molecule has 0 saturated carbocycles. The number of hydrogen-bond acceptors (Lipinski definition) is 2. The van der Waals surface area contributed by atoms with Crippen LogP contribution in [0.1, 0.15) is 24.0 Å². The number of carboxylic acid groups (broad SMARTS) is 1. The van der Waals surface area contributed by atoms with E-state index in [-0.39, 0.29) is 18.5 Å². The van der Waals surface area contributed by atoms with Crippen LogP contribution in [0.4, 0.5) is 13.2 Å². The number of halogens is 3. The zero-order valence-electron chi connectivity index (χ0n) is 11.8. The van der Waals surface area contributed by atoms with E-state index in [2.05, 4.69) is 0 Å². The molecule has 1 saturated heterocycles. The van der Waals surface area contributed by atoms with E-state index in [0.717, 1.165) is 6.07 Å². The molecule has 0 spiro atoms. The summed E-state index contributed by atoms with van der Waals surface area (Å²) in [5.41, 5.74) is -0.910. The summed E-state index contributed by atoms with van der Waals surface area (Å²) in [5, 5.41) is 8.99. The molecule has 0 aliphatic carbocycles. The van der Waals surface area contributed by atoms with Crippen molar-refractivity contribution in [3.05, 3.63) is 35.4 Å². The average molecular weight is 315 g/mol. The van der Waals surface area contributed by atoms with Gasteiger partial charge in [0.25, 0.3) is 0 Å². The molecule has 1 amide bonds. The van der Waals surface area contributed by atoms with Gasteiger partial charge in [0, 0.05) is 13.1 Å². The summed E-state index contributed by atoms with van der Waals surface area (Å²) in [5.74, 6) is -2.09. The van der Waals surface area contributed by atoms with Gasteiger partial charge in [0.05, 0.1) is 17.9 Å². The summed E-state index contributed by atoms with van der Waals surface area (Å²) in [4.78, 5) is 24.5.